The predicted octanol–water partition coefficient (Wildman–Crippen LogP) is 2.62. The molecule has 1 aromatic heterocycles. The second-order valence-corrected chi connectivity index (χ2v) is 7.47. The first-order valence-electron chi connectivity index (χ1n) is 8.10. The molecule has 1 unspecified atom stereocenters. The smallest absolute Gasteiger partial charge is 0.230 e. The number of hydrogen-bond acceptors (Lipinski definition) is 5. The minimum atomic E-state index is 0.0472. The molecule has 7 heteroatoms. The van der Waals surface area contributed by atoms with E-state index in [0.29, 0.717) is 17.7 Å². The molecule has 1 aromatic rings. The quantitative estimate of drug-likeness (QED) is 0.682. The normalized spacial score (nSPS) is 16.0. The highest BCUT2D eigenvalue weighted by molar-refractivity contribution is 7.99. The molecule has 0 spiro atoms. The van der Waals surface area contributed by atoms with Gasteiger partial charge in [0.05, 0.1) is 5.75 Å². The van der Waals surface area contributed by atoms with E-state index in [1.54, 1.807) is 0 Å². The summed E-state index contributed by atoms with van der Waals surface area (Å²) in [6, 6.07) is 0.647. The zero-order valence-corrected chi connectivity index (χ0v) is 14.5. The van der Waals surface area contributed by atoms with E-state index in [-0.39, 0.29) is 11.9 Å². The largest absolute Gasteiger partial charge is 0.368 e. The molecule has 0 radical (unpaired) electrons. The third-order valence-electron chi connectivity index (χ3n) is 3.76. The average Bonchev–Trinajstić information content (AvgIpc) is 3.20. The van der Waals surface area contributed by atoms with Gasteiger partial charge in [-0.05, 0) is 32.1 Å². The van der Waals surface area contributed by atoms with E-state index >= 15 is 0 Å². The minimum absolute atomic E-state index is 0.0472. The topological polar surface area (TPSA) is 85.8 Å². The van der Waals surface area contributed by atoms with Gasteiger partial charge in [0.25, 0.3) is 0 Å². The van der Waals surface area contributed by atoms with E-state index in [1.807, 2.05) is 4.57 Å². The zero-order valence-electron chi connectivity index (χ0n) is 13.7. The standard InChI is InChI=1S/C15H27N5OS/c1-10(2)5-4-6-11(3)17-13(21)9-22-15-19-18-14(16)20(15)12-7-8-12/h10-12H,4-9H2,1-3H3,(H2,16,18)(H,17,21). The summed E-state index contributed by atoms with van der Waals surface area (Å²) >= 11 is 1.41. The fourth-order valence-corrected chi connectivity index (χ4v) is 3.24. The van der Waals surface area contributed by atoms with Crippen LogP contribution in [0.15, 0.2) is 5.16 Å². The van der Waals surface area contributed by atoms with Gasteiger partial charge in [0, 0.05) is 12.1 Å². The van der Waals surface area contributed by atoms with Crippen LogP contribution < -0.4 is 11.1 Å². The van der Waals surface area contributed by atoms with Crippen molar-refractivity contribution in [2.45, 2.75) is 70.1 Å². The number of anilines is 1. The highest BCUT2D eigenvalue weighted by atomic mass is 32.2. The summed E-state index contributed by atoms with van der Waals surface area (Å²) in [4.78, 5) is 12.0. The van der Waals surface area contributed by atoms with E-state index in [2.05, 4.69) is 36.3 Å². The summed E-state index contributed by atoms with van der Waals surface area (Å²) < 4.78 is 1.95. The highest BCUT2D eigenvalue weighted by Crippen LogP contribution is 2.39. The van der Waals surface area contributed by atoms with Gasteiger partial charge in [-0.2, -0.15) is 0 Å². The molecule has 1 atom stereocenters. The number of carbonyl (C=O) groups is 1. The third-order valence-corrected chi connectivity index (χ3v) is 4.70. The minimum Gasteiger partial charge on any atom is -0.368 e. The molecule has 0 aromatic carbocycles. The van der Waals surface area contributed by atoms with Crippen LogP contribution in [0, 0.1) is 5.92 Å². The van der Waals surface area contributed by atoms with E-state index in [9.17, 15) is 4.79 Å². The molecule has 22 heavy (non-hydrogen) atoms. The Balaban J connectivity index is 1.71. The van der Waals surface area contributed by atoms with Gasteiger partial charge in [0.1, 0.15) is 0 Å². The maximum Gasteiger partial charge on any atom is 0.230 e. The first-order valence-corrected chi connectivity index (χ1v) is 9.08. The summed E-state index contributed by atoms with van der Waals surface area (Å²) in [7, 11) is 0. The lowest BCUT2D eigenvalue weighted by molar-refractivity contribution is -0.119. The maximum absolute atomic E-state index is 12.0. The van der Waals surface area contributed by atoms with Crippen molar-refractivity contribution >= 4 is 23.6 Å². The van der Waals surface area contributed by atoms with Crippen LogP contribution in [0.25, 0.3) is 0 Å². The predicted molar refractivity (Wildman–Crippen MR) is 89.7 cm³/mol. The van der Waals surface area contributed by atoms with Crippen LogP contribution in [0.5, 0.6) is 0 Å². The van der Waals surface area contributed by atoms with Gasteiger partial charge in [-0.3, -0.25) is 9.36 Å². The Bertz CT molecular complexity index is 498. The molecular formula is C15H27N5OS. The monoisotopic (exact) mass is 325 g/mol. The Morgan fingerprint density at radius 3 is 2.73 bits per heavy atom. The summed E-state index contributed by atoms with van der Waals surface area (Å²) in [6.07, 6.45) is 5.63. The number of nitrogens with one attached hydrogen (secondary N) is 1. The van der Waals surface area contributed by atoms with Gasteiger partial charge in [0.2, 0.25) is 11.9 Å². The van der Waals surface area contributed by atoms with Gasteiger partial charge in [-0.15, -0.1) is 10.2 Å². The molecular weight excluding hydrogens is 298 g/mol. The molecule has 0 aliphatic heterocycles. The first-order chi connectivity index (χ1) is 10.5. The lowest BCUT2D eigenvalue weighted by Crippen LogP contribution is -2.33. The third kappa shape index (κ3) is 5.19. The van der Waals surface area contributed by atoms with Crippen molar-refractivity contribution in [3.63, 3.8) is 0 Å². The van der Waals surface area contributed by atoms with Crippen molar-refractivity contribution in [2.24, 2.45) is 5.92 Å². The number of rotatable bonds is 9. The number of hydrogen-bond donors (Lipinski definition) is 2. The molecule has 0 bridgehead atoms. The van der Waals surface area contributed by atoms with Crippen LogP contribution in [0.3, 0.4) is 0 Å². The van der Waals surface area contributed by atoms with Gasteiger partial charge < -0.3 is 11.1 Å². The van der Waals surface area contributed by atoms with Crippen LogP contribution in [-0.4, -0.2) is 32.5 Å². The number of carbonyl (C=O) groups excluding carboxylic acids is 1. The van der Waals surface area contributed by atoms with E-state index < -0.39 is 0 Å². The number of nitrogens with zero attached hydrogens (tertiary/aromatic N) is 3. The fraction of sp³-hybridized carbons (Fsp3) is 0.800. The molecule has 1 saturated carbocycles. The molecule has 3 N–H and O–H groups in total. The number of nitrogens with two attached hydrogens (primary N) is 1. The molecule has 2 rings (SSSR count). The van der Waals surface area contributed by atoms with Crippen molar-refractivity contribution in [3.8, 4) is 0 Å². The molecule has 0 saturated heterocycles. The molecule has 124 valence electrons. The summed E-state index contributed by atoms with van der Waals surface area (Å²) in [5.41, 5.74) is 5.82. The number of aromatic nitrogens is 3. The fourth-order valence-electron chi connectivity index (χ4n) is 2.41. The van der Waals surface area contributed by atoms with Crippen molar-refractivity contribution in [1.29, 1.82) is 0 Å². The Labute approximate surface area is 136 Å². The average molecular weight is 325 g/mol. The second kappa shape index (κ2) is 7.85. The van der Waals surface area contributed by atoms with Crippen LogP contribution >= 0.6 is 11.8 Å². The van der Waals surface area contributed by atoms with Gasteiger partial charge in [-0.25, -0.2) is 0 Å². The van der Waals surface area contributed by atoms with Crippen LogP contribution in [0.4, 0.5) is 5.95 Å². The van der Waals surface area contributed by atoms with Crippen LogP contribution in [0.2, 0.25) is 0 Å². The Morgan fingerprint density at radius 1 is 1.36 bits per heavy atom. The molecule has 6 nitrogen and oxygen atoms in total. The van der Waals surface area contributed by atoms with Gasteiger partial charge in [-0.1, -0.05) is 38.5 Å². The summed E-state index contributed by atoms with van der Waals surface area (Å²) in [5, 5.41) is 11.8. The van der Waals surface area contributed by atoms with Gasteiger partial charge in [0.15, 0.2) is 5.16 Å². The van der Waals surface area contributed by atoms with E-state index in [0.717, 1.165) is 36.8 Å². The molecule has 1 fully saturated rings. The summed E-state index contributed by atoms with van der Waals surface area (Å²) in [5.74, 6) is 1.58. The van der Waals surface area contributed by atoms with Crippen molar-refractivity contribution < 1.29 is 4.79 Å². The van der Waals surface area contributed by atoms with Crippen molar-refractivity contribution in [2.75, 3.05) is 11.5 Å². The maximum atomic E-state index is 12.0. The number of nitrogen functional groups attached to an aromatic ring is 1. The Hall–Kier alpha value is -1.24. The molecule has 1 amide bonds. The van der Waals surface area contributed by atoms with Crippen LogP contribution in [0.1, 0.15) is 58.9 Å². The lowest BCUT2D eigenvalue weighted by atomic mass is 10.0. The second-order valence-electron chi connectivity index (χ2n) is 6.52. The van der Waals surface area contributed by atoms with Crippen molar-refractivity contribution in [1.82, 2.24) is 20.1 Å². The van der Waals surface area contributed by atoms with E-state index in [1.165, 1.54) is 18.2 Å². The zero-order chi connectivity index (χ0) is 16.1. The lowest BCUT2D eigenvalue weighted by Gasteiger charge is -2.14. The first kappa shape index (κ1) is 17.1. The van der Waals surface area contributed by atoms with Crippen LogP contribution in [-0.2, 0) is 4.79 Å². The number of amides is 1. The number of thioether (sulfide) groups is 1. The van der Waals surface area contributed by atoms with Gasteiger partial charge >= 0.3 is 0 Å². The van der Waals surface area contributed by atoms with Crippen molar-refractivity contribution in [3.05, 3.63) is 0 Å². The molecule has 1 aliphatic carbocycles. The Morgan fingerprint density at radius 2 is 2.09 bits per heavy atom. The van der Waals surface area contributed by atoms with E-state index in [4.69, 9.17) is 5.73 Å². The summed E-state index contributed by atoms with van der Waals surface area (Å²) in [6.45, 7) is 6.51. The Kier molecular flexibility index (Phi) is 6.11. The molecule has 1 aliphatic rings. The highest BCUT2D eigenvalue weighted by Gasteiger charge is 2.29. The molecule has 1 heterocycles. The SMILES string of the molecule is CC(C)CCCC(C)NC(=O)CSc1nnc(N)n1C1CC1.